The Morgan fingerprint density at radius 3 is 2.63 bits per heavy atom. The van der Waals surface area contributed by atoms with E-state index in [2.05, 4.69) is 21.6 Å². The smallest absolute Gasteiger partial charge is 0.315 e. The van der Waals surface area contributed by atoms with E-state index < -0.39 is 0 Å². The lowest BCUT2D eigenvalue weighted by Gasteiger charge is -2.39. The van der Waals surface area contributed by atoms with E-state index in [1.165, 1.54) is 37.7 Å². The first-order valence-corrected chi connectivity index (χ1v) is 10.8. The van der Waals surface area contributed by atoms with Crippen LogP contribution in [0, 0.1) is 0 Å². The molecule has 1 aromatic carbocycles. The summed E-state index contributed by atoms with van der Waals surface area (Å²) in [5, 5.41) is 6.29. The van der Waals surface area contributed by atoms with Gasteiger partial charge in [-0.05, 0) is 43.7 Å². The predicted octanol–water partition coefficient (Wildman–Crippen LogP) is 3.65. The number of likely N-dealkylation sites (tertiary alicyclic amines) is 1. The Balaban J connectivity index is 1.19. The number of nitrogens with zero attached hydrogens (tertiary/aromatic N) is 1. The van der Waals surface area contributed by atoms with Crippen LogP contribution in [0.5, 0.6) is 5.75 Å². The van der Waals surface area contributed by atoms with Gasteiger partial charge >= 0.3 is 6.03 Å². The highest BCUT2D eigenvalue weighted by Gasteiger charge is 2.27. The van der Waals surface area contributed by atoms with Gasteiger partial charge in [0.1, 0.15) is 5.75 Å². The second-order valence-corrected chi connectivity index (χ2v) is 8.33. The Hall–Kier alpha value is -1.75. The monoisotopic (exact) mass is 371 g/mol. The van der Waals surface area contributed by atoms with E-state index in [0.29, 0.717) is 18.5 Å². The number of piperidine rings is 1. The zero-order chi connectivity index (χ0) is 18.5. The third-order valence-electron chi connectivity index (χ3n) is 6.55. The van der Waals surface area contributed by atoms with Crippen LogP contribution in [-0.2, 0) is 0 Å². The summed E-state index contributed by atoms with van der Waals surface area (Å²) < 4.78 is 5.71. The van der Waals surface area contributed by atoms with Crippen LogP contribution in [0.3, 0.4) is 0 Å². The van der Waals surface area contributed by atoms with Crippen molar-refractivity contribution in [2.24, 2.45) is 0 Å². The molecular formula is C22H33N3O2. The third-order valence-corrected chi connectivity index (χ3v) is 6.55. The number of rotatable bonds is 4. The molecule has 2 aliphatic heterocycles. The van der Waals surface area contributed by atoms with Gasteiger partial charge in [0.15, 0.2) is 0 Å². The maximum absolute atomic E-state index is 12.4. The fourth-order valence-electron chi connectivity index (χ4n) is 4.94. The number of fused-ring (bicyclic) bond motifs is 1. The molecule has 1 unspecified atom stereocenters. The first kappa shape index (κ1) is 18.6. The maximum atomic E-state index is 12.4. The standard InChI is InChI=1S/C22H33N3O2/c26-22(23-16-17-12-15-27-21-9-5-4-8-20(17)21)24-18-10-13-25(14-11-18)19-6-2-1-3-7-19/h4-5,8-9,17-19H,1-3,6-7,10-16H2,(H2,23,24,26). The lowest BCUT2D eigenvalue weighted by Crippen LogP contribution is -2.50. The van der Waals surface area contributed by atoms with E-state index in [4.69, 9.17) is 4.74 Å². The fourth-order valence-corrected chi connectivity index (χ4v) is 4.94. The van der Waals surface area contributed by atoms with Crippen LogP contribution in [0.1, 0.15) is 62.8 Å². The highest BCUT2D eigenvalue weighted by Crippen LogP contribution is 2.32. The van der Waals surface area contributed by atoms with E-state index in [0.717, 1.165) is 50.8 Å². The number of nitrogens with one attached hydrogen (secondary N) is 2. The Kier molecular flexibility index (Phi) is 6.17. The van der Waals surface area contributed by atoms with Crippen molar-refractivity contribution >= 4 is 6.03 Å². The lowest BCUT2D eigenvalue weighted by molar-refractivity contribution is 0.117. The van der Waals surface area contributed by atoms with Crippen LogP contribution in [0.2, 0.25) is 0 Å². The van der Waals surface area contributed by atoms with Crippen molar-refractivity contribution in [3.8, 4) is 5.75 Å². The minimum atomic E-state index is -0.0184. The summed E-state index contributed by atoms with van der Waals surface area (Å²) in [5.74, 6) is 1.31. The summed E-state index contributed by atoms with van der Waals surface area (Å²) in [6.07, 6.45) is 10.0. The SMILES string of the molecule is O=C(NCC1CCOc2ccccc21)NC1CCN(C2CCCCC2)CC1. The van der Waals surface area contributed by atoms with Crippen LogP contribution < -0.4 is 15.4 Å². The number of carbonyl (C=O) groups is 1. The van der Waals surface area contributed by atoms with Crippen molar-refractivity contribution in [3.63, 3.8) is 0 Å². The van der Waals surface area contributed by atoms with Crippen molar-refractivity contribution in [2.75, 3.05) is 26.2 Å². The molecule has 27 heavy (non-hydrogen) atoms. The second kappa shape index (κ2) is 8.96. The minimum absolute atomic E-state index is 0.0184. The molecule has 4 rings (SSSR count). The lowest BCUT2D eigenvalue weighted by atomic mass is 9.92. The average molecular weight is 372 g/mol. The van der Waals surface area contributed by atoms with Gasteiger partial charge in [0.2, 0.25) is 0 Å². The van der Waals surface area contributed by atoms with Gasteiger partial charge in [-0.3, -0.25) is 0 Å². The molecule has 0 aromatic heterocycles. The highest BCUT2D eigenvalue weighted by molar-refractivity contribution is 5.74. The van der Waals surface area contributed by atoms with Crippen LogP contribution >= 0.6 is 0 Å². The van der Waals surface area contributed by atoms with E-state index in [9.17, 15) is 4.79 Å². The summed E-state index contributed by atoms with van der Waals surface area (Å²) in [5.41, 5.74) is 1.21. The summed E-state index contributed by atoms with van der Waals surface area (Å²) in [6, 6.07) is 9.26. The van der Waals surface area contributed by atoms with Crippen LogP contribution in [0.4, 0.5) is 4.79 Å². The maximum Gasteiger partial charge on any atom is 0.315 e. The van der Waals surface area contributed by atoms with Gasteiger partial charge in [-0.2, -0.15) is 0 Å². The van der Waals surface area contributed by atoms with Crippen molar-refractivity contribution in [1.29, 1.82) is 0 Å². The molecule has 1 saturated heterocycles. The number of hydrogen-bond donors (Lipinski definition) is 2. The molecule has 1 aromatic rings. The molecule has 2 fully saturated rings. The van der Waals surface area contributed by atoms with E-state index in [1.54, 1.807) is 0 Å². The molecule has 2 heterocycles. The van der Waals surface area contributed by atoms with Gasteiger partial charge in [-0.1, -0.05) is 37.5 Å². The summed E-state index contributed by atoms with van der Waals surface area (Å²) >= 11 is 0. The molecule has 5 nitrogen and oxygen atoms in total. The van der Waals surface area contributed by atoms with Gasteiger partial charge in [-0.25, -0.2) is 4.79 Å². The van der Waals surface area contributed by atoms with Crippen molar-refractivity contribution < 1.29 is 9.53 Å². The summed E-state index contributed by atoms with van der Waals surface area (Å²) in [4.78, 5) is 15.0. The molecular weight excluding hydrogens is 338 g/mol. The molecule has 1 aliphatic carbocycles. The largest absolute Gasteiger partial charge is 0.493 e. The average Bonchev–Trinajstić information content (AvgIpc) is 2.73. The quantitative estimate of drug-likeness (QED) is 0.849. The van der Waals surface area contributed by atoms with E-state index in [1.807, 2.05) is 18.2 Å². The Bertz CT molecular complexity index is 622. The molecule has 0 bridgehead atoms. The number of urea groups is 1. The van der Waals surface area contributed by atoms with Crippen molar-refractivity contribution in [1.82, 2.24) is 15.5 Å². The fraction of sp³-hybridized carbons (Fsp3) is 0.682. The Labute approximate surface area is 162 Å². The molecule has 3 aliphatic rings. The van der Waals surface area contributed by atoms with Gasteiger partial charge in [0, 0.05) is 37.6 Å². The van der Waals surface area contributed by atoms with Gasteiger partial charge in [-0.15, -0.1) is 0 Å². The first-order chi connectivity index (χ1) is 13.3. The Morgan fingerprint density at radius 1 is 1.04 bits per heavy atom. The summed E-state index contributed by atoms with van der Waals surface area (Å²) in [7, 11) is 0. The van der Waals surface area contributed by atoms with E-state index >= 15 is 0 Å². The predicted molar refractivity (Wildman–Crippen MR) is 107 cm³/mol. The zero-order valence-electron chi connectivity index (χ0n) is 16.3. The number of amides is 2. The van der Waals surface area contributed by atoms with Gasteiger partial charge in [0.05, 0.1) is 6.61 Å². The molecule has 5 heteroatoms. The molecule has 0 spiro atoms. The molecule has 2 amide bonds. The highest BCUT2D eigenvalue weighted by atomic mass is 16.5. The molecule has 1 atom stereocenters. The normalized spacial score (nSPS) is 24.7. The minimum Gasteiger partial charge on any atom is -0.493 e. The molecule has 148 valence electrons. The van der Waals surface area contributed by atoms with Gasteiger partial charge < -0.3 is 20.3 Å². The molecule has 1 saturated carbocycles. The van der Waals surface area contributed by atoms with Crippen LogP contribution in [0.25, 0.3) is 0 Å². The number of carbonyl (C=O) groups excluding carboxylic acids is 1. The number of hydrogen-bond acceptors (Lipinski definition) is 3. The Morgan fingerprint density at radius 2 is 1.81 bits per heavy atom. The van der Waals surface area contributed by atoms with Crippen molar-refractivity contribution in [3.05, 3.63) is 29.8 Å². The topological polar surface area (TPSA) is 53.6 Å². The van der Waals surface area contributed by atoms with Gasteiger partial charge in [0.25, 0.3) is 0 Å². The van der Waals surface area contributed by atoms with Crippen molar-refractivity contribution in [2.45, 2.75) is 69.4 Å². The number of benzene rings is 1. The third kappa shape index (κ3) is 4.75. The number of ether oxygens (including phenoxy) is 1. The second-order valence-electron chi connectivity index (χ2n) is 8.33. The van der Waals surface area contributed by atoms with E-state index in [-0.39, 0.29) is 6.03 Å². The van der Waals surface area contributed by atoms with Crippen LogP contribution in [0.15, 0.2) is 24.3 Å². The molecule has 0 radical (unpaired) electrons. The molecule has 2 N–H and O–H groups in total. The van der Waals surface area contributed by atoms with Crippen LogP contribution in [-0.4, -0.2) is 49.3 Å². The first-order valence-electron chi connectivity index (χ1n) is 10.8. The number of para-hydroxylation sites is 1. The zero-order valence-corrected chi connectivity index (χ0v) is 16.3. The summed E-state index contributed by atoms with van der Waals surface area (Å²) in [6.45, 7) is 3.66.